The van der Waals surface area contributed by atoms with Crippen molar-refractivity contribution in [1.29, 1.82) is 0 Å². The smallest absolute Gasteiger partial charge is 0.242 e. The zero-order valence-electron chi connectivity index (χ0n) is 16.2. The first kappa shape index (κ1) is 20.7. The minimum Gasteiger partial charge on any atom is -0.346 e. The predicted octanol–water partition coefficient (Wildman–Crippen LogP) is 0.727. The first-order chi connectivity index (χ1) is 12.4. The Balaban J connectivity index is 1.75. The summed E-state index contributed by atoms with van der Waals surface area (Å²) in [4.78, 5) is 40.4. The molecule has 1 atom stereocenters. The van der Waals surface area contributed by atoms with Crippen molar-refractivity contribution in [2.75, 3.05) is 32.7 Å². The highest BCUT2D eigenvalue weighted by Gasteiger charge is 2.26. The molecule has 26 heavy (non-hydrogen) atoms. The molecule has 2 rings (SSSR count). The van der Waals surface area contributed by atoms with E-state index in [1.807, 2.05) is 18.7 Å². The molecule has 7 nitrogen and oxygen atoms in total. The number of nitrogens with zero attached hydrogens (tertiary/aromatic N) is 2. The molecule has 2 fully saturated rings. The van der Waals surface area contributed by atoms with Gasteiger partial charge in [0.1, 0.15) is 0 Å². The van der Waals surface area contributed by atoms with Gasteiger partial charge in [0.25, 0.3) is 0 Å². The minimum atomic E-state index is -0.601. The zero-order chi connectivity index (χ0) is 19.1. The first-order valence-electron chi connectivity index (χ1n) is 9.97. The highest BCUT2D eigenvalue weighted by molar-refractivity contribution is 5.87. The van der Waals surface area contributed by atoms with Gasteiger partial charge in [-0.2, -0.15) is 0 Å². The van der Waals surface area contributed by atoms with Gasteiger partial charge in [-0.15, -0.1) is 0 Å². The van der Waals surface area contributed by atoms with Crippen molar-refractivity contribution in [3.05, 3.63) is 0 Å². The first-order valence-corrected chi connectivity index (χ1v) is 9.97. The topological polar surface area (TPSA) is 95.7 Å². The number of carbonyl (C=O) groups excluding carboxylic acids is 3. The van der Waals surface area contributed by atoms with Gasteiger partial charge < -0.3 is 20.9 Å². The van der Waals surface area contributed by atoms with Crippen LogP contribution in [0, 0.1) is 11.8 Å². The third-order valence-corrected chi connectivity index (χ3v) is 5.57. The van der Waals surface area contributed by atoms with Gasteiger partial charge in [0.2, 0.25) is 17.7 Å². The van der Waals surface area contributed by atoms with Gasteiger partial charge in [0.15, 0.2) is 0 Å². The van der Waals surface area contributed by atoms with Crippen LogP contribution in [0.5, 0.6) is 0 Å². The van der Waals surface area contributed by atoms with Crippen LogP contribution in [0.15, 0.2) is 0 Å². The van der Waals surface area contributed by atoms with Crippen LogP contribution >= 0.6 is 0 Å². The zero-order valence-corrected chi connectivity index (χ0v) is 16.2. The number of hydrogen-bond acceptors (Lipinski definition) is 4. The van der Waals surface area contributed by atoms with Crippen molar-refractivity contribution in [1.82, 2.24) is 15.1 Å². The fourth-order valence-corrected chi connectivity index (χ4v) is 3.70. The molecular formula is C19H34N4O3. The highest BCUT2D eigenvalue weighted by Crippen LogP contribution is 2.28. The number of hydrogen-bond donors (Lipinski definition) is 2. The number of nitrogens with two attached hydrogens (primary N) is 1. The Morgan fingerprint density at radius 2 is 1.54 bits per heavy atom. The van der Waals surface area contributed by atoms with Crippen molar-refractivity contribution in [3.63, 3.8) is 0 Å². The molecule has 0 radical (unpaired) electrons. The molecule has 0 bridgehead atoms. The minimum absolute atomic E-state index is 0.0303. The summed E-state index contributed by atoms with van der Waals surface area (Å²) in [7, 11) is 0. The van der Waals surface area contributed by atoms with Gasteiger partial charge in [-0.25, -0.2) is 0 Å². The largest absolute Gasteiger partial charge is 0.346 e. The lowest BCUT2D eigenvalue weighted by Gasteiger charge is -2.23. The van der Waals surface area contributed by atoms with Crippen LogP contribution in [-0.4, -0.2) is 66.3 Å². The lowest BCUT2D eigenvalue weighted by atomic mass is 10.0. The van der Waals surface area contributed by atoms with Gasteiger partial charge >= 0.3 is 0 Å². The van der Waals surface area contributed by atoms with Crippen molar-refractivity contribution in [3.8, 4) is 0 Å². The Hall–Kier alpha value is -1.63. The van der Waals surface area contributed by atoms with E-state index in [1.165, 1.54) is 25.7 Å². The number of amides is 3. The second-order valence-electron chi connectivity index (χ2n) is 7.96. The number of carbonyl (C=O) groups is 3. The quantitative estimate of drug-likeness (QED) is 0.724. The number of rotatable bonds is 6. The van der Waals surface area contributed by atoms with E-state index in [0.29, 0.717) is 38.5 Å². The van der Waals surface area contributed by atoms with Crippen molar-refractivity contribution in [2.24, 2.45) is 17.6 Å². The Kier molecular flexibility index (Phi) is 7.87. The third kappa shape index (κ3) is 5.97. The van der Waals surface area contributed by atoms with Crippen LogP contribution in [0.3, 0.4) is 0 Å². The van der Waals surface area contributed by atoms with Gasteiger partial charge in [-0.3, -0.25) is 14.4 Å². The van der Waals surface area contributed by atoms with Crippen LogP contribution < -0.4 is 11.1 Å². The molecule has 3 N–H and O–H groups in total. The summed E-state index contributed by atoms with van der Waals surface area (Å²) in [5, 5.41) is 2.63. The van der Waals surface area contributed by atoms with Gasteiger partial charge in [0, 0.05) is 32.6 Å². The van der Waals surface area contributed by atoms with Crippen LogP contribution in [0.1, 0.15) is 52.4 Å². The summed E-state index contributed by atoms with van der Waals surface area (Å²) in [6.07, 6.45) is 6.25. The predicted molar refractivity (Wildman–Crippen MR) is 100 cm³/mol. The van der Waals surface area contributed by atoms with E-state index < -0.39 is 6.04 Å². The van der Waals surface area contributed by atoms with E-state index >= 15 is 0 Å². The maximum absolute atomic E-state index is 12.5. The van der Waals surface area contributed by atoms with Crippen molar-refractivity contribution >= 4 is 17.7 Å². The fraction of sp³-hybridized carbons (Fsp3) is 0.842. The number of nitrogens with one attached hydrogen (secondary N) is 1. The molecule has 0 unspecified atom stereocenters. The lowest BCUT2D eigenvalue weighted by molar-refractivity contribution is -0.134. The molecule has 1 saturated carbocycles. The van der Waals surface area contributed by atoms with Gasteiger partial charge in [-0.1, -0.05) is 26.7 Å². The molecule has 148 valence electrons. The molecule has 1 aliphatic heterocycles. The van der Waals surface area contributed by atoms with Crippen LogP contribution in [0.4, 0.5) is 0 Å². The lowest BCUT2D eigenvalue weighted by Crippen LogP contribution is -2.48. The van der Waals surface area contributed by atoms with Crippen molar-refractivity contribution in [2.45, 2.75) is 58.4 Å². The van der Waals surface area contributed by atoms with Crippen LogP contribution in [-0.2, 0) is 14.4 Å². The van der Waals surface area contributed by atoms with Gasteiger partial charge in [0.05, 0.1) is 12.6 Å². The monoisotopic (exact) mass is 366 g/mol. The summed E-state index contributed by atoms with van der Waals surface area (Å²) in [5.74, 6) is 0.393. The van der Waals surface area contributed by atoms with E-state index in [9.17, 15) is 14.4 Å². The molecule has 1 saturated heterocycles. The average molecular weight is 367 g/mol. The summed E-state index contributed by atoms with van der Waals surface area (Å²) in [6, 6.07) is -0.601. The molecule has 0 aromatic rings. The molecular weight excluding hydrogens is 332 g/mol. The second kappa shape index (κ2) is 9.90. The van der Waals surface area contributed by atoms with E-state index in [2.05, 4.69) is 5.32 Å². The molecule has 2 aliphatic rings. The van der Waals surface area contributed by atoms with E-state index in [1.54, 1.807) is 4.90 Å². The van der Waals surface area contributed by atoms with Gasteiger partial charge in [-0.05, 0) is 31.1 Å². The van der Waals surface area contributed by atoms with E-state index in [0.717, 1.165) is 6.42 Å². The third-order valence-electron chi connectivity index (χ3n) is 5.57. The van der Waals surface area contributed by atoms with E-state index in [4.69, 9.17) is 5.73 Å². The molecule has 0 aromatic heterocycles. The molecule has 3 amide bonds. The molecule has 0 aromatic carbocycles. The molecule has 0 spiro atoms. The van der Waals surface area contributed by atoms with Crippen molar-refractivity contribution < 1.29 is 14.4 Å². The highest BCUT2D eigenvalue weighted by atomic mass is 16.2. The summed E-state index contributed by atoms with van der Waals surface area (Å²) >= 11 is 0. The van der Waals surface area contributed by atoms with Crippen LogP contribution in [0.25, 0.3) is 0 Å². The average Bonchev–Trinajstić information content (AvgIpc) is 2.99. The summed E-state index contributed by atoms with van der Waals surface area (Å²) in [6.45, 7) is 6.15. The Morgan fingerprint density at radius 1 is 0.962 bits per heavy atom. The molecule has 7 heteroatoms. The maximum atomic E-state index is 12.5. The fourth-order valence-electron chi connectivity index (χ4n) is 3.70. The Bertz CT molecular complexity index is 503. The Labute approximate surface area is 156 Å². The molecule has 1 aliphatic carbocycles. The second-order valence-corrected chi connectivity index (χ2v) is 7.96. The molecule has 1 heterocycles. The summed E-state index contributed by atoms with van der Waals surface area (Å²) in [5.41, 5.74) is 5.79. The maximum Gasteiger partial charge on any atom is 0.242 e. The standard InChI is InChI=1S/C19H34N4O3/c1-14(2)18(20)19(26)21-13-17(25)23-9-5-8-22(10-11-23)16(24)12-15-6-3-4-7-15/h14-15,18H,3-13,20H2,1-2H3,(H,21,26)/t18-/m0/s1. The van der Waals surface area contributed by atoms with Crippen LogP contribution in [0.2, 0.25) is 0 Å². The van der Waals surface area contributed by atoms with E-state index in [-0.39, 0.29) is 30.2 Å². The normalized spacial score (nSPS) is 20.2. The SMILES string of the molecule is CC(C)[C@H](N)C(=O)NCC(=O)N1CCCN(C(=O)CC2CCCC2)CC1. The Morgan fingerprint density at radius 3 is 2.12 bits per heavy atom. The summed E-state index contributed by atoms with van der Waals surface area (Å²) < 4.78 is 0.